The number of rotatable bonds is 32. The molecule has 0 spiro atoms. The summed E-state index contributed by atoms with van der Waals surface area (Å²) >= 11 is 0. The third-order valence-electron chi connectivity index (χ3n) is 8.20. The highest BCUT2D eigenvalue weighted by atomic mass is 16.4. The summed E-state index contributed by atoms with van der Waals surface area (Å²) in [6.45, 7) is 5.00. The predicted molar refractivity (Wildman–Crippen MR) is 166 cm³/mol. The quantitative estimate of drug-likeness (QED) is 0.0479. The topological polar surface area (TPSA) is 115 Å². The van der Waals surface area contributed by atoms with E-state index in [1.165, 1.54) is 83.5 Å². The van der Waals surface area contributed by atoms with Crippen LogP contribution in [0.3, 0.4) is 0 Å². The fourth-order valence-corrected chi connectivity index (χ4v) is 5.76. The molecule has 0 aromatic carbocycles. The Morgan fingerprint density at radius 3 is 1.24 bits per heavy atom. The summed E-state index contributed by atoms with van der Waals surface area (Å²) in [4.78, 5) is 33.1. The van der Waals surface area contributed by atoms with Crippen LogP contribution in [0, 0.1) is 0 Å². The highest BCUT2D eigenvalue weighted by Crippen LogP contribution is 2.18. The number of carbonyl (C=O) groups is 3. The average Bonchev–Trinajstić information content (AvgIpc) is 2.91. The molecule has 0 saturated heterocycles. The van der Waals surface area contributed by atoms with Crippen molar-refractivity contribution in [2.24, 2.45) is 0 Å². The van der Waals surface area contributed by atoms with E-state index < -0.39 is 17.9 Å². The van der Waals surface area contributed by atoms with Crippen molar-refractivity contribution in [3.05, 3.63) is 12.2 Å². The highest BCUT2D eigenvalue weighted by molar-refractivity contribution is 5.66. The summed E-state index contributed by atoms with van der Waals surface area (Å²) < 4.78 is 0.604. The van der Waals surface area contributed by atoms with Crippen molar-refractivity contribution in [1.29, 1.82) is 0 Å². The fraction of sp³-hybridized carbons (Fsp3) is 0.853. The standard InChI is InChI=1S/C34H63NO6/c1-2-3-4-5-6-7-8-9-10-11-12-13-14-15-16-17-18-19-20-21-28-35(29-22-25-32(36)37,30-23-26-33(38)39)31-24-27-34(40)41/h15-16H,2-14,17-31H2,1H3,(H2-,36,37,38,39,40,41)/b16-15+. The van der Waals surface area contributed by atoms with Crippen LogP contribution >= 0.6 is 0 Å². The molecule has 0 aliphatic carbocycles. The number of carboxylic acids is 3. The summed E-state index contributed by atoms with van der Waals surface area (Å²) in [5.41, 5.74) is 0. The number of unbranched alkanes of at least 4 members (excludes halogenated alkanes) is 16. The van der Waals surface area contributed by atoms with E-state index >= 15 is 0 Å². The Hall–Kier alpha value is -1.89. The minimum Gasteiger partial charge on any atom is -0.550 e. The van der Waals surface area contributed by atoms with Crippen LogP contribution in [0.15, 0.2) is 12.2 Å². The maximum absolute atomic E-state index is 11.1. The van der Waals surface area contributed by atoms with Crippen molar-refractivity contribution in [2.75, 3.05) is 26.2 Å². The summed E-state index contributed by atoms with van der Waals surface area (Å²) in [5, 5.41) is 29.1. The minimum atomic E-state index is -1.08. The molecule has 7 nitrogen and oxygen atoms in total. The maximum Gasteiger partial charge on any atom is 0.303 e. The zero-order valence-corrected chi connectivity index (χ0v) is 26.4. The Morgan fingerprint density at radius 2 is 0.854 bits per heavy atom. The number of aliphatic carboxylic acids is 3. The van der Waals surface area contributed by atoms with Crippen LogP contribution in [0.5, 0.6) is 0 Å². The molecule has 0 unspecified atom stereocenters. The van der Waals surface area contributed by atoms with E-state index in [9.17, 15) is 19.5 Å². The molecule has 0 amide bonds. The number of carboxylic acid groups (broad SMARTS) is 3. The molecular weight excluding hydrogens is 518 g/mol. The Kier molecular flexibility index (Phi) is 26.9. The van der Waals surface area contributed by atoms with E-state index in [4.69, 9.17) is 10.2 Å². The van der Waals surface area contributed by atoms with Gasteiger partial charge in [0.05, 0.1) is 39.0 Å². The average molecular weight is 582 g/mol. The van der Waals surface area contributed by atoms with Gasteiger partial charge in [0.1, 0.15) is 0 Å². The molecule has 0 aliphatic heterocycles. The second-order valence-electron chi connectivity index (χ2n) is 12.1. The van der Waals surface area contributed by atoms with Gasteiger partial charge in [-0.15, -0.1) is 0 Å². The minimum absolute atomic E-state index is 0.0244. The number of carbonyl (C=O) groups excluding carboxylic acids is 1. The Balaban J connectivity index is 4.13. The third-order valence-corrected chi connectivity index (χ3v) is 8.20. The number of quaternary nitrogens is 1. The first-order chi connectivity index (χ1) is 19.8. The molecule has 240 valence electrons. The first-order valence-corrected chi connectivity index (χ1v) is 16.9. The van der Waals surface area contributed by atoms with E-state index in [1.807, 2.05) is 0 Å². The molecule has 0 aromatic heterocycles. The third kappa shape index (κ3) is 28.0. The van der Waals surface area contributed by atoms with Gasteiger partial charge in [-0.3, -0.25) is 9.59 Å². The zero-order chi connectivity index (χ0) is 30.4. The van der Waals surface area contributed by atoms with Crippen molar-refractivity contribution in [3.8, 4) is 0 Å². The first-order valence-electron chi connectivity index (χ1n) is 16.9. The van der Waals surface area contributed by atoms with Crippen LogP contribution in [-0.4, -0.2) is 58.8 Å². The second-order valence-corrected chi connectivity index (χ2v) is 12.1. The van der Waals surface area contributed by atoms with E-state index in [1.54, 1.807) is 0 Å². The van der Waals surface area contributed by atoms with Crippen LogP contribution < -0.4 is 5.11 Å². The van der Waals surface area contributed by atoms with E-state index in [0.29, 0.717) is 43.4 Å². The van der Waals surface area contributed by atoms with Crippen molar-refractivity contribution in [2.45, 2.75) is 161 Å². The van der Waals surface area contributed by atoms with E-state index in [-0.39, 0.29) is 19.3 Å². The van der Waals surface area contributed by atoms with Crippen molar-refractivity contribution >= 4 is 17.9 Å². The monoisotopic (exact) mass is 581 g/mol. The molecule has 0 heterocycles. The SMILES string of the molecule is CCCCCCCCCCCCCC/C=C/CCCCCC[N+](CCCC(=O)[O-])(CCCC(=O)O)CCCC(=O)O. The number of nitrogens with zero attached hydrogens (tertiary/aromatic N) is 1. The van der Waals surface area contributed by atoms with Crippen LogP contribution in [0.4, 0.5) is 0 Å². The lowest BCUT2D eigenvalue weighted by Gasteiger charge is -2.39. The molecule has 0 aromatic rings. The van der Waals surface area contributed by atoms with E-state index in [0.717, 1.165) is 38.6 Å². The largest absolute Gasteiger partial charge is 0.550 e. The molecule has 0 aliphatic rings. The molecule has 0 radical (unpaired) electrons. The van der Waals surface area contributed by atoms with Gasteiger partial charge in [0, 0.05) is 25.2 Å². The van der Waals surface area contributed by atoms with Gasteiger partial charge in [0.15, 0.2) is 0 Å². The molecular formula is C34H63NO6. The summed E-state index contributed by atoms with van der Waals surface area (Å²) in [7, 11) is 0. The molecule has 0 bridgehead atoms. The molecule has 0 atom stereocenters. The van der Waals surface area contributed by atoms with Crippen LogP contribution in [0.2, 0.25) is 0 Å². The van der Waals surface area contributed by atoms with Gasteiger partial charge in [0.2, 0.25) is 0 Å². The number of allylic oxidation sites excluding steroid dienone is 2. The first kappa shape index (κ1) is 39.1. The van der Waals surface area contributed by atoms with Crippen molar-refractivity contribution in [1.82, 2.24) is 0 Å². The zero-order valence-electron chi connectivity index (χ0n) is 26.4. The van der Waals surface area contributed by atoms with E-state index in [2.05, 4.69) is 19.1 Å². The van der Waals surface area contributed by atoms with Crippen molar-refractivity contribution < 1.29 is 34.2 Å². The number of hydrogen-bond acceptors (Lipinski definition) is 4. The van der Waals surface area contributed by atoms with Gasteiger partial charge < -0.3 is 24.6 Å². The van der Waals surface area contributed by atoms with Gasteiger partial charge >= 0.3 is 11.9 Å². The molecule has 2 N–H and O–H groups in total. The van der Waals surface area contributed by atoms with Gasteiger partial charge in [-0.25, -0.2) is 0 Å². The number of hydrogen-bond donors (Lipinski definition) is 2. The lowest BCUT2D eigenvalue weighted by Crippen LogP contribution is -2.51. The van der Waals surface area contributed by atoms with Gasteiger partial charge in [-0.1, -0.05) is 96.1 Å². The lowest BCUT2D eigenvalue weighted by atomic mass is 10.0. The smallest absolute Gasteiger partial charge is 0.303 e. The Bertz CT molecular complexity index is 628. The molecule has 0 rings (SSSR count). The summed E-state index contributed by atoms with van der Waals surface area (Å²) in [6.07, 6.45) is 29.4. The van der Waals surface area contributed by atoms with Gasteiger partial charge in [-0.05, 0) is 44.9 Å². The summed E-state index contributed by atoms with van der Waals surface area (Å²) in [5.74, 6) is -2.75. The maximum atomic E-state index is 11.1. The Labute approximate surface area is 251 Å². The summed E-state index contributed by atoms with van der Waals surface area (Å²) in [6, 6.07) is 0. The second kappa shape index (κ2) is 28.2. The normalized spacial score (nSPS) is 11.8. The van der Waals surface area contributed by atoms with Gasteiger partial charge in [0.25, 0.3) is 0 Å². The lowest BCUT2D eigenvalue weighted by molar-refractivity contribution is -0.929. The van der Waals surface area contributed by atoms with Crippen molar-refractivity contribution in [3.63, 3.8) is 0 Å². The molecule has 41 heavy (non-hydrogen) atoms. The van der Waals surface area contributed by atoms with Gasteiger partial charge in [-0.2, -0.15) is 0 Å². The molecule has 7 heteroatoms. The Morgan fingerprint density at radius 1 is 0.512 bits per heavy atom. The fourth-order valence-electron chi connectivity index (χ4n) is 5.76. The highest BCUT2D eigenvalue weighted by Gasteiger charge is 2.26. The predicted octanol–water partition coefficient (Wildman–Crippen LogP) is 7.66. The van der Waals surface area contributed by atoms with Crippen LogP contribution in [0.25, 0.3) is 0 Å². The molecule has 0 fully saturated rings. The van der Waals surface area contributed by atoms with Crippen LogP contribution in [-0.2, 0) is 14.4 Å². The van der Waals surface area contributed by atoms with Crippen LogP contribution in [0.1, 0.15) is 161 Å². The molecule has 0 saturated carbocycles.